The molecule has 0 unspecified atom stereocenters. The first-order valence-electron chi connectivity index (χ1n) is 9.10. The van der Waals surface area contributed by atoms with E-state index in [0.717, 1.165) is 11.1 Å². The van der Waals surface area contributed by atoms with E-state index in [9.17, 15) is 14.7 Å². The lowest BCUT2D eigenvalue weighted by Gasteiger charge is -2.18. The summed E-state index contributed by atoms with van der Waals surface area (Å²) in [6, 6.07) is 9.17. The van der Waals surface area contributed by atoms with Gasteiger partial charge < -0.3 is 20.2 Å². The number of amides is 2. The number of aromatic nitrogens is 2. The SMILES string of the molecule is C[B]n1ccc(C(=O)NCC(=O)Nc2nc(-c3cccc(C(C)(C)O)c3)cs2)c1. The molecule has 3 aromatic rings. The average molecular weight is 409 g/mol. The molecule has 0 fully saturated rings. The van der Waals surface area contributed by atoms with Crippen LogP contribution in [0.25, 0.3) is 11.3 Å². The van der Waals surface area contributed by atoms with Gasteiger partial charge in [-0.1, -0.05) is 25.0 Å². The fourth-order valence-corrected chi connectivity index (χ4v) is 3.39. The maximum atomic E-state index is 12.1. The lowest BCUT2D eigenvalue weighted by Crippen LogP contribution is -2.32. The first-order valence-corrected chi connectivity index (χ1v) is 9.98. The summed E-state index contributed by atoms with van der Waals surface area (Å²) in [5, 5.41) is 17.7. The molecule has 0 aliphatic rings. The lowest BCUT2D eigenvalue weighted by molar-refractivity contribution is -0.115. The van der Waals surface area contributed by atoms with E-state index in [1.54, 1.807) is 36.8 Å². The molecule has 3 N–H and O–H groups in total. The van der Waals surface area contributed by atoms with Crippen LogP contribution >= 0.6 is 11.3 Å². The minimum absolute atomic E-state index is 0.150. The summed E-state index contributed by atoms with van der Waals surface area (Å²) in [7, 11) is 1.82. The normalized spacial score (nSPS) is 11.2. The molecule has 0 aliphatic carbocycles. The Kier molecular flexibility index (Phi) is 6.19. The van der Waals surface area contributed by atoms with Gasteiger partial charge in [0.05, 0.1) is 23.4 Å². The molecule has 9 heteroatoms. The van der Waals surface area contributed by atoms with Crippen molar-refractivity contribution in [3.63, 3.8) is 0 Å². The summed E-state index contributed by atoms with van der Waals surface area (Å²) in [5.74, 6) is -0.671. The number of benzene rings is 1. The van der Waals surface area contributed by atoms with Crippen LogP contribution in [0, 0.1) is 0 Å². The Hall–Kier alpha value is -2.91. The van der Waals surface area contributed by atoms with E-state index < -0.39 is 5.60 Å². The molecule has 0 aliphatic heterocycles. The lowest BCUT2D eigenvalue weighted by atomic mass is 9.96. The van der Waals surface area contributed by atoms with Crippen molar-refractivity contribution in [2.75, 3.05) is 11.9 Å². The highest BCUT2D eigenvalue weighted by Crippen LogP contribution is 2.28. The second-order valence-electron chi connectivity index (χ2n) is 7.01. The van der Waals surface area contributed by atoms with Crippen LogP contribution in [0.2, 0.25) is 6.82 Å². The van der Waals surface area contributed by atoms with Crippen LogP contribution < -0.4 is 10.6 Å². The molecule has 1 aromatic carbocycles. The van der Waals surface area contributed by atoms with Gasteiger partial charge in [-0.15, -0.1) is 11.3 Å². The van der Waals surface area contributed by atoms with Gasteiger partial charge in [0.1, 0.15) is 0 Å². The first-order chi connectivity index (χ1) is 13.8. The number of hydrogen-bond acceptors (Lipinski definition) is 5. The fourth-order valence-electron chi connectivity index (χ4n) is 2.66. The second-order valence-corrected chi connectivity index (χ2v) is 7.87. The van der Waals surface area contributed by atoms with Crippen molar-refractivity contribution in [3.05, 3.63) is 59.2 Å². The van der Waals surface area contributed by atoms with Crippen molar-refractivity contribution in [3.8, 4) is 11.3 Å². The standard InChI is InChI=1S/C20H22BN4O3S/c1-20(2,28)15-6-4-5-13(9-15)16-12-29-19(23-16)24-17(26)10-22-18(27)14-7-8-25(11-14)21-3/h4-9,11-12,28H,10H2,1-3H3,(H,22,27)(H,23,24,26). The number of hydrogen-bond donors (Lipinski definition) is 3. The van der Waals surface area contributed by atoms with Crippen LogP contribution in [-0.2, 0) is 10.4 Å². The molecule has 3 rings (SSSR count). The van der Waals surface area contributed by atoms with E-state index in [2.05, 4.69) is 15.6 Å². The van der Waals surface area contributed by atoms with Crippen LogP contribution in [-0.4, -0.2) is 40.3 Å². The Morgan fingerprint density at radius 1 is 1.31 bits per heavy atom. The van der Waals surface area contributed by atoms with Crippen LogP contribution in [0.3, 0.4) is 0 Å². The van der Waals surface area contributed by atoms with Crippen molar-refractivity contribution in [2.45, 2.75) is 26.3 Å². The zero-order valence-electron chi connectivity index (χ0n) is 16.5. The smallest absolute Gasteiger partial charge is 0.253 e. The molecule has 0 spiro atoms. The number of nitrogens with zero attached hydrogens (tertiary/aromatic N) is 2. The van der Waals surface area contributed by atoms with Crippen LogP contribution in [0.5, 0.6) is 0 Å². The predicted molar refractivity (Wildman–Crippen MR) is 115 cm³/mol. The fraction of sp³-hybridized carbons (Fsp3) is 0.250. The van der Waals surface area contributed by atoms with Gasteiger partial charge in [0.25, 0.3) is 5.91 Å². The molecular weight excluding hydrogens is 387 g/mol. The van der Waals surface area contributed by atoms with Crippen molar-refractivity contribution >= 4 is 35.7 Å². The van der Waals surface area contributed by atoms with E-state index in [-0.39, 0.29) is 18.4 Å². The number of rotatable bonds is 7. The Labute approximate surface area is 174 Å². The Morgan fingerprint density at radius 2 is 2.10 bits per heavy atom. The maximum Gasteiger partial charge on any atom is 0.253 e. The number of carbonyl (C=O) groups excluding carboxylic acids is 2. The van der Waals surface area contributed by atoms with Gasteiger partial charge in [-0.2, -0.15) is 0 Å². The minimum atomic E-state index is -0.947. The quantitative estimate of drug-likeness (QED) is 0.523. The molecule has 0 bridgehead atoms. The summed E-state index contributed by atoms with van der Waals surface area (Å²) < 4.78 is 1.76. The molecule has 149 valence electrons. The maximum absolute atomic E-state index is 12.1. The molecule has 0 atom stereocenters. The van der Waals surface area contributed by atoms with Gasteiger partial charge in [0, 0.05) is 17.1 Å². The highest BCUT2D eigenvalue weighted by Gasteiger charge is 2.17. The molecule has 29 heavy (non-hydrogen) atoms. The highest BCUT2D eigenvalue weighted by molar-refractivity contribution is 7.14. The van der Waals surface area contributed by atoms with E-state index in [1.165, 1.54) is 11.3 Å². The summed E-state index contributed by atoms with van der Waals surface area (Å²) in [6.45, 7) is 5.16. The number of carbonyl (C=O) groups is 2. The van der Waals surface area contributed by atoms with E-state index >= 15 is 0 Å². The van der Waals surface area contributed by atoms with Gasteiger partial charge in [0.15, 0.2) is 5.13 Å². The minimum Gasteiger partial charge on any atom is -0.402 e. The van der Waals surface area contributed by atoms with Gasteiger partial charge in [-0.05, 0) is 37.7 Å². The summed E-state index contributed by atoms with van der Waals surface area (Å²) in [5.41, 5.74) is 1.88. The predicted octanol–water partition coefficient (Wildman–Crippen LogP) is 2.72. The molecule has 2 aromatic heterocycles. The number of nitrogens with one attached hydrogen (secondary N) is 2. The van der Waals surface area contributed by atoms with Crippen molar-refractivity contribution in [2.24, 2.45) is 0 Å². The van der Waals surface area contributed by atoms with E-state index in [1.807, 2.05) is 43.9 Å². The Bertz CT molecular complexity index is 1020. The van der Waals surface area contributed by atoms with E-state index in [4.69, 9.17) is 0 Å². The van der Waals surface area contributed by atoms with Crippen LogP contribution in [0.4, 0.5) is 5.13 Å². The molecular formula is C20H22BN4O3S. The third kappa shape index (κ3) is 5.33. The topological polar surface area (TPSA) is 96.3 Å². The van der Waals surface area contributed by atoms with Gasteiger partial charge in [-0.3, -0.25) is 9.59 Å². The molecule has 2 heterocycles. The highest BCUT2D eigenvalue weighted by atomic mass is 32.1. The Morgan fingerprint density at radius 3 is 2.79 bits per heavy atom. The van der Waals surface area contributed by atoms with Gasteiger partial charge in [0.2, 0.25) is 13.3 Å². The van der Waals surface area contributed by atoms with Crippen LogP contribution in [0.15, 0.2) is 48.1 Å². The number of anilines is 1. The number of thiazole rings is 1. The monoisotopic (exact) mass is 409 g/mol. The molecule has 0 saturated heterocycles. The van der Waals surface area contributed by atoms with Crippen molar-refractivity contribution in [1.82, 2.24) is 14.8 Å². The third-order valence-corrected chi connectivity index (χ3v) is 5.06. The molecule has 1 radical (unpaired) electrons. The largest absolute Gasteiger partial charge is 0.402 e. The van der Waals surface area contributed by atoms with Gasteiger partial charge >= 0.3 is 0 Å². The number of aliphatic hydroxyl groups is 1. The van der Waals surface area contributed by atoms with Crippen molar-refractivity contribution < 1.29 is 14.7 Å². The zero-order valence-corrected chi connectivity index (χ0v) is 17.3. The van der Waals surface area contributed by atoms with Crippen LogP contribution in [0.1, 0.15) is 29.8 Å². The first kappa shape index (κ1) is 20.8. The molecule has 0 saturated carbocycles. The zero-order chi connectivity index (χ0) is 21.0. The second kappa shape index (κ2) is 8.63. The average Bonchev–Trinajstić information content (AvgIpc) is 3.35. The summed E-state index contributed by atoms with van der Waals surface area (Å²) >= 11 is 1.30. The molecule has 2 amide bonds. The van der Waals surface area contributed by atoms with Crippen molar-refractivity contribution in [1.29, 1.82) is 0 Å². The molecule has 7 nitrogen and oxygen atoms in total. The van der Waals surface area contributed by atoms with E-state index in [0.29, 0.717) is 16.4 Å². The third-order valence-electron chi connectivity index (χ3n) is 4.30. The summed E-state index contributed by atoms with van der Waals surface area (Å²) in [4.78, 5) is 28.6. The summed E-state index contributed by atoms with van der Waals surface area (Å²) in [6.07, 6.45) is 3.45. The van der Waals surface area contributed by atoms with Gasteiger partial charge in [-0.25, -0.2) is 4.98 Å². The Balaban J connectivity index is 1.58.